The van der Waals surface area contributed by atoms with Gasteiger partial charge in [-0.25, -0.2) is 0 Å². The second-order valence-corrected chi connectivity index (χ2v) is 5.93. The average molecular weight is 298 g/mol. The molecule has 0 saturated heterocycles. The van der Waals surface area contributed by atoms with Crippen LogP contribution in [-0.4, -0.2) is 13.0 Å². The first kappa shape index (κ1) is 15.9. The molecule has 0 atom stereocenters. The number of methoxy groups -OCH3 is 1. The topological polar surface area (TPSA) is 64.3 Å². The zero-order valence-corrected chi connectivity index (χ0v) is 13.2. The maximum atomic E-state index is 12.3. The van der Waals surface area contributed by atoms with Crippen LogP contribution >= 0.6 is 0 Å². The molecule has 3 N–H and O–H groups in total. The second-order valence-electron chi connectivity index (χ2n) is 5.93. The summed E-state index contributed by atoms with van der Waals surface area (Å²) in [5.41, 5.74) is 7.93. The van der Waals surface area contributed by atoms with Gasteiger partial charge < -0.3 is 15.8 Å². The Bertz CT molecular complexity index is 651. The van der Waals surface area contributed by atoms with Crippen LogP contribution in [0.5, 0.6) is 5.75 Å². The van der Waals surface area contributed by atoms with E-state index in [1.807, 2.05) is 30.3 Å². The summed E-state index contributed by atoms with van der Waals surface area (Å²) in [6, 6.07) is 15.2. The largest absolute Gasteiger partial charge is 0.495 e. The highest BCUT2D eigenvalue weighted by molar-refractivity contribution is 5.92. The minimum absolute atomic E-state index is 0.0431. The van der Waals surface area contributed by atoms with Gasteiger partial charge in [-0.3, -0.25) is 4.79 Å². The normalized spacial score (nSPS) is 11.0. The summed E-state index contributed by atoms with van der Waals surface area (Å²) in [5, 5.41) is 2.89. The van der Waals surface area contributed by atoms with E-state index >= 15 is 0 Å². The van der Waals surface area contributed by atoms with Gasteiger partial charge >= 0.3 is 0 Å². The summed E-state index contributed by atoms with van der Waals surface area (Å²) < 4.78 is 5.11. The predicted octanol–water partition coefficient (Wildman–Crippen LogP) is 3.58. The van der Waals surface area contributed by atoms with E-state index in [2.05, 4.69) is 19.2 Å². The maximum absolute atomic E-state index is 12.3. The summed E-state index contributed by atoms with van der Waals surface area (Å²) in [6.07, 6.45) is 0.392. The van der Waals surface area contributed by atoms with E-state index < -0.39 is 0 Å². The van der Waals surface area contributed by atoms with Crippen molar-refractivity contribution in [1.82, 2.24) is 0 Å². The first-order chi connectivity index (χ1) is 10.4. The van der Waals surface area contributed by atoms with Crippen molar-refractivity contribution in [3.8, 4) is 5.75 Å². The standard InChI is InChI=1S/C18H22N2O2/c1-18(2,13-7-5-4-6-8-13)12-17(21)20-14-9-10-16(22-3)15(19)11-14/h4-11H,12,19H2,1-3H3,(H,20,21). The number of anilines is 2. The lowest BCUT2D eigenvalue weighted by molar-refractivity contribution is -0.117. The number of nitrogens with two attached hydrogens (primary N) is 1. The first-order valence-electron chi connectivity index (χ1n) is 7.21. The number of benzene rings is 2. The Morgan fingerprint density at radius 1 is 1.18 bits per heavy atom. The highest BCUT2D eigenvalue weighted by Crippen LogP contribution is 2.28. The number of ether oxygens (including phenoxy) is 1. The number of hydrogen-bond donors (Lipinski definition) is 2. The Hall–Kier alpha value is -2.49. The van der Waals surface area contributed by atoms with Crippen molar-refractivity contribution in [2.75, 3.05) is 18.2 Å². The summed E-state index contributed by atoms with van der Waals surface area (Å²) in [6.45, 7) is 4.12. The second kappa shape index (κ2) is 6.52. The summed E-state index contributed by atoms with van der Waals surface area (Å²) >= 11 is 0. The quantitative estimate of drug-likeness (QED) is 0.829. The van der Waals surface area contributed by atoms with Crippen LogP contribution in [0.3, 0.4) is 0 Å². The van der Waals surface area contributed by atoms with Crippen molar-refractivity contribution in [1.29, 1.82) is 0 Å². The zero-order chi connectivity index (χ0) is 16.2. The maximum Gasteiger partial charge on any atom is 0.225 e. The molecule has 22 heavy (non-hydrogen) atoms. The van der Waals surface area contributed by atoms with Gasteiger partial charge in [0.2, 0.25) is 5.91 Å². The molecule has 2 aromatic rings. The zero-order valence-electron chi connectivity index (χ0n) is 13.2. The SMILES string of the molecule is COc1ccc(NC(=O)CC(C)(C)c2ccccc2)cc1N. The number of nitrogens with one attached hydrogen (secondary N) is 1. The molecule has 4 heteroatoms. The third-order valence-electron chi connectivity index (χ3n) is 3.67. The van der Waals surface area contributed by atoms with E-state index in [1.165, 1.54) is 0 Å². The van der Waals surface area contributed by atoms with Gasteiger partial charge in [-0.1, -0.05) is 44.2 Å². The smallest absolute Gasteiger partial charge is 0.225 e. The molecule has 2 aromatic carbocycles. The fourth-order valence-electron chi connectivity index (χ4n) is 2.41. The van der Waals surface area contributed by atoms with Crippen LogP contribution < -0.4 is 15.8 Å². The molecular formula is C18H22N2O2. The fourth-order valence-corrected chi connectivity index (χ4v) is 2.41. The Labute approximate surface area is 131 Å². The van der Waals surface area contributed by atoms with Gasteiger partial charge in [0.25, 0.3) is 0 Å². The monoisotopic (exact) mass is 298 g/mol. The Balaban J connectivity index is 2.05. The molecule has 0 heterocycles. The van der Waals surface area contributed by atoms with Gasteiger partial charge in [-0.2, -0.15) is 0 Å². The lowest BCUT2D eigenvalue weighted by atomic mass is 9.81. The number of carbonyl (C=O) groups excluding carboxylic acids is 1. The number of amides is 1. The highest BCUT2D eigenvalue weighted by atomic mass is 16.5. The molecule has 4 nitrogen and oxygen atoms in total. The van der Waals surface area contributed by atoms with E-state index in [4.69, 9.17) is 10.5 Å². The van der Waals surface area contributed by atoms with Crippen LogP contribution in [0.2, 0.25) is 0 Å². The molecule has 0 aromatic heterocycles. The van der Waals surface area contributed by atoms with Gasteiger partial charge in [0.15, 0.2) is 0 Å². The van der Waals surface area contributed by atoms with Crippen molar-refractivity contribution in [2.24, 2.45) is 0 Å². The van der Waals surface area contributed by atoms with Crippen molar-refractivity contribution < 1.29 is 9.53 Å². The van der Waals surface area contributed by atoms with Gasteiger partial charge in [0, 0.05) is 12.1 Å². The third kappa shape index (κ3) is 3.79. The fraction of sp³-hybridized carbons (Fsp3) is 0.278. The molecule has 0 aliphatic heterocycles. The number of carbonyl (C=O) groups is 1. The van der Waals surface area contributed by atoms with Crippen LogP contribution in [0.15, 0.2) is 48.5 Å². The lowest BCUT2D eigenvalue weighted by Crippen LogP contribution is -2.25. The van der Waals surface area contributed by atoms with Gasteiger partial charge in [0.1, 0.15) is 5.75 Å². The van der Waals surface area contributed by atoms with Gasteiger partial charge in [-0.05, 0) is 29.2 Å². The molecule has 0 saturated carbocycles. The summed E-state index contributed by atoms with van der Waals surface area (Å²) in [5.74, 6) is 0.557. The molecule has 0 radical (unpaired) electrons. The molecule has 2 rings (SSSR count). The number of hydrogen-bond acceptors (Lipinski definition) is 3. The molecule has 1 amide bonds. The lowest BCUT2D eigenvalue weighted by Gasteiger charge is -2.24. The van der Waals surface area contributed by atoms with Crippen molar-refractivity contribution in [3.63, 3.8) is 0 Å². The predicted molar refractivity (Wildman–Crippen MR) is 90.1 cm³/mol. The van der Waals surface area contributed by atoms with Crippen LogP contribution in [0, 0.1) is 0 Å². The molecule has 0 fully saturated rings. The van der Waals surface area contributed by atoms with Gasteiger partial charge in [0.05, 0.1) is 12.8 Å². The van der Waals surface area contributed by atoms with Crippen molar-refractivity contribution in [2.45, 2.75) is 25.7 Å². The van der Waals surface area contributed by atoms with Crippen molar-refractivity contribution >= 4 is 17.3 Å². The minimum Gasteiger partial charge on any atom is -0.495 e. The average Bonchev–Trinajstić information content (AvgIpc) is 2.47. The van der Waals surface area contributed by atoms with E-state index in [-0.39, 0.29) is 11.3 Å². The molecule has 116 valence electrons. The van der Waals surface area contributed by atoms with E-state index in [1.54, 1.807) is 25.3 Å². The van der Waals surface area contributed by atoms with Crippen LogP contribution in [0.25, 0.3) is 0 Å². The van der Waals surface area contributed by atoms with Crippen LogP contribution in [0.1, 0.15) is 25.8 Å². The van der Waals surface area contributed by atoms with E-state index in [0.717, 1.165) is 5.56 Å². The molecule has 0 spiro atoms. The number of nitrogen functional groups attached to an aromatic ring is 1. The molecule has 0 bridgehead atoms. The molecule has 0 aliphatic rings. The Morgan fingerprint density at radius 2 is 1.86 bits per heavy atom. The van der Waals surface area contributed by atoms with Crippen LogP contribution in [-0.2, 0) is 10.2 Å². The van der Waals surface area contributed by atoms with E-state index in [0.29, 0.717) is 23.5 Å². The molecular weight excluding hydrogens is 276 g/mol. The summed E-state index contributed by atoms with van der Waals surface area (Å²) in [7, 11) is 1.56. The molecule has 0 unspecified atom stereocenters. The molecule has 0 aliphatic carbocycles. The number of rotatable bonds is 5. The Kier molecular flexibility index (Phi) is 4.71. The van der Waals surface area contributed by atoms with Gasteiger partial charge in [-0.15, -0.1) is 0 Å². The first-order valence-corrected chi connectivity index (χ1v) is 7.21. The van der Waals surface area contributed by atoms with Crippen LogP contribution in [0.4, 0.5) is 11.4 Å². The highest BCUT2D eigenvalue weighted by Gasteiger charge is 2.24. The summed E-state index contributed by atoms with van der Waals surface area (Å²) in [4.78, 5) is 12.3. The Morgan fingerprint density at radius 3 is 2.45 bits per heavy atom. The third-order valence-corrected chi connectivity index (χ3v) is 3.67. The minimum atomic E-state index is -0.233. The van der Waals surface area contributed by atoms with Crippen molar-refractivity contribution in [3.05, 3.63) is 54.1 Å². The van der Waals surface area contributed by atoms with E-state index in [9.17, 15) is 4.79 Å².